The van der Waals surface area contributed by atoms with Crippen LogP contribution in [0.2, 0.25) is 0 Å². The molecule has 2 atom stereocenters. The molecule has 2 unspecified atom stereocenters. The first-order valence-electron chi connectivity index (χ1n) is 4.89. The number of benzene rings is 1. The molecule has 2 nitrogen and oxygen atoms in total. The van der Waals surface area contributed by atoms with Gasteiger partial charge in [-0.15, -0.1) is 11.8 Å². The summed E-state index contributed by atoms with van der Waals surface area (Å²) in [5.74, 6) is 0. The normalized spacial score (nSPS) is 37.0. The van der Waals surface area contributed by atoms with E-state index in [-0.39, 0.29) is 9.62 Å². The van der Waals surface area contributed by atoms with Crippen LogP contribution in [0.4, 0.5) is 0 Å². The Kier molecular flexibility index (Phi) is 1.62. The van der Waals surface area contributed by atoms with Crippen molar-refractivity contribution >= 4 is 11.8 Å². The van der Waals surface area contributed by atoms with Gasteiger partial charge in [-0.25, -0.2) is 0 Å². The van der Waals surface area contributed by atoms with Crippen molar-refractivity contribution in [3.8, 4) is 0 Å². The number of hydrogen-bond donors (Lipinski definition) is 2. The summed E-state index contributed by atoms with van der Waals surface area (Å²) in [5, 5.41) is 0. The van der Waals surface area contributed by atoms with E-state index < -0.39 is 0 Å². The van der Waals surface area contributed by atoms with Gasteiger partial charge in [-0.05, 0) is 11.6 Å². The second kappa shape index (κ2) is 2.68. The van der Waals surface area contributed by atoms with Crippen LogP contribution < -0.4 is 11.5 Å². The third-order valence-corrected chi connectivity index (χ3v) is 4.73. The van der Waals surface area contributed by atoms with E-state index in [0.717, 1.165) is 5.70 Å². The van der Waals surface area contributed by atoms with Gasteiger partial charge in [-0.2, -0.15) is 0 Å². The second-order valence-electron chi connectivity index (χ2n) is 3.92. The fourth-order valence-corrected chi connectivity index (χ4v) is 3.55. The van der Waals surface area contributed by atoms with E-state index in [1.165, 1.54) is 5.56 Å². The van der Waals surface area contributed by atoms with Crippen molar-refractivity contribution < 1.29 is 0 Å². The molecule has 4 N–H and O–H groups in total. The predicted molar refractivity (Wildman–Crippen MR) is 64.0 cm³/mol. The topological polar surface area (TPSA) is 52.0 Å². The average molecular weight is 216 g/mol. The zero-order chi connectivity index (χ0) is 10.5. The summed E-state index contributed by atoms with van der Waals surface area (Å²) < 4.78 is -0.219. The van der Waals surface area contributed by atoms with Crippen LogP contribution in [-0.4, -0.2) is 4.87 Å². The van der Waals surface area contributed by atoms with Crippen molar-refractivity contribution in [1.29, 1.82) is 0 Å². The van der Waals surface area contributed by atoms with Gasteiger partial charge in [-0.3, -0.25) is 0 Å². The Hall–Kier alpha value is -1.19. The van der Waals surface area contributed by atoms with Crippen LogP contribution in [-0.2, 0) is 4.75 Å². The molecule has 0 aromatic heterocycles. The van der Waals surface area contributed by atoms with E-state index in [2.05, 4.69) is 12.1 Å². The van der Waals surface area contributed by atoms with Gasteiger partial charge in [0.05, 0.1) is 0 Å². The van der Waals surface area contributed by atoms with Gasteiger partial charge in [0.2, 0.25) is 0 Å². The molecule has 1 fully saturated rings. The Morgan fingerprint density at radius 1 is 1.13 bits per heavy atom. The van der Waals surface area contributed by atoms with E-state index in [1.54, 1.807) is 11.8 Å². The van der Waals surface area contributed by atoms with Crippen LogP contribution in [0.3, 0.4) is 0 Å². The molecular formula is C12H12N2S. The van der Waals surface area contributed by atoms with Crippen LogP contribution in [0.1, 0.15) is 5.56 Å². The largest absolute Gasteiger partial charge is 0.401 e. The van der Waals surface area contributed by atoms with Crippen LogP contribution in [0.25, 0.3) is 0 Å². The molecule has 1 heterocycles. The Morgan fingerprint density at radius 2 is 1.87 bits per heavy atom. The number of thioether (sulfide) groups is 1. The molecule has 0 bridgehead atoms. The fourth-order valence-electron chi connectivity index (χ4n) is 2.20. The molecule has 0 radical (unpaired) electrons. The van der Waals surface area contributed by atoms with E-state index in [4.69, 9.17) is 11.5 Å². The van der Waals surface area contributed by atoms with Gasteiger partial charge < -0.3 is 11.5 Å². The van der Waals surface area contributed by atoms with Crippen molar-refractivity contribution in [3.63, 3.8) is 0 Å². The molecule has 3 heteroatoms. The predicted octanol–water partition coefficient (Wildman–Crippen LogP) is 1.70. The van der Waals surface area contributed by atoms with Gasteiger partial charge >= 0.3 is 0 Å². The van der Waals surface area contributed by atoms with Gasteiger partial charge in [0, 0.05) is 5.70 Å². The van der Waals surface area contributed by atoms with Crippen molar-refractivity contribution in [1.82, 2.24) is 0 Å². The lowest BCUT2D eigenvalue weighted by atomic mass is 9.86. The molecule has 3 rings (SSSR count). The highest BCUT2D eigenvalue weighted by Crippen LogP contribution is 2.71. The smallest absolute Gasteiger partial charge is 0.113 e. The van der Waals surface area contributed by atoms with E-state index in [0.29, 0.717) is 0 Å². The van der Waals surface area contributed by atoms with E-state index >= 15 is 0 Å². The minimum atomic E-state index is -0.340. The maximum absolute atomic E-state index is 6.26. The number of hydrogen-bond acceptors (Lipinski definition) is 3. The molecule has 0 amide bonds. The summed E-state index contributed by atoms with van der Waals surface area (Å²) in [5.41, 5.74) is 14.4. The zero-order valence-electron chi connectivity index (χ0n) is 8.18. The first-order chi connectivity index (χ1) is 7.19. The molecule has 1 aromatic rings. The highest BCUT2D eigenvalue weighted by Gasteiger charge is 2.68. The van der Waals surface area contributed by atoms with Gasteiger partial charge in [0.15, 0.2) is 0 Å². The maximum atomic E-state index is 6.26. The van der Waals surface area contributed by atoms with Crippen molar-refractivity contribution in [3.05, 3.63) is 59.8 Å². The second-order valence-corrected chi connectivity index (χ2v) is 5.42. The minimum absolute atomic E-state index is 0.219. The molecule has 1 saturated heterocycles. The van der Waals surface area contributed by atoms with Crippen molar-refractivity contribution in [2.75, 3.05) is 0 Å². The van der Waals surface area contributed by atoms with Crippen molar-refractivity contribution in [2.45, 2.75) is 9.62 Å². The summed E-state index contributed by atoms with van der Waals surface area (Å²) in [6.07, 6.45) is 5.91. The molecule has 15 heavy (non-hydrogen) atoms. The fraction of sp³-hybridized carbons (Fsp3) is 0.167. The summed E-state index contributed by atoms with van der Waals surface area (Å²) in [6, 6.07) is 10.2. The summed E-state index contributed by atoms with van der Waals surface area (Å²) in [4.78, 5) is -0.340. The quantitative estimate of drug-likeness (QED) is 0.702. The van der Waals surface area contributed by atoms with Crippen LogP contribution in [0.5, 0.6) is 0 Å². The number of rotatable bonds is 1. The standard InChI is InChI=1S/C12H12N2S/c13-10-7-4-8-11(14)12(10,15-11)9-5-2-1-3-6-9/h1-8H,13-14H2. The van der Waals surface area contributed by atoms with Crippen LogP contribution in [0, 0.1) is 0 Å². The Morgan fingerprint density at radius 3 is 2.53 bits per heavy atom. The first kappa shape index (κ1) is 9.07. The van der Waals surface area contributed by atoms with Crippen LogP contribution >= 0.6 is 11.8 Å². The molecule has 76 valence electrons. The molecule has 1 aromatic carbocycles. The minimum Gasteiger partial charge on any atom is -0.401 e. The summed E-state index contributed by atoms with van der Waals surface area (Å²) in [6.45, 7) is 0. The highest BCUT2D eigenvalue weighted by molar-refractivity contribution is 8.09. The SMILES string of the molecule is NC1=CC=CC2(N)SC12c1ccccc1. The summed E-state index contributed by atoms with van der Waals surface area (Å²) in [7, 11) is 0. The Bertz CT molecular complexity index is 466. The molecule has 1 aliphatic carbocycles. The molecule has 1 aliphatic heterocycles. The Labute approximate surface area is 93.0 Å². The lowest BCUT2D eigenvalue weighted by Crippen LogP contribution is -2.36. The highest BCUT2D eigenvalue weighted by atomic mass is 32.2. The number of allylic oxidation sites excluding steroid dienone is 2. The van der Waals surface area contributed by atoms with Gasteiger partial charge in [0.1, 0.15) is 9.62 Å². The number of fused-ring (bicyclic) bond motifs is 1. The zero-order valence-corrected chi connectivity index (χ0v) is 9.00. The molecule has 2 aliphatic rings. The molecule has 0 saturated carbocycles. The van der Waals surface area contributed by atoms with Crippen molar-refractivity contribution in [2.24, 2.45) is 11.5 Å². The summed E-state index contributed by atoms with van der Waals surface area (Å²) >= 11 is 1.71. The first-order valence-corrected chi connectivity index (χ1v) is 5.71. The third kappa shape index (κ3) is 0.994. The van der Waals surface area contributed by atoms with Crippen LogP contribution in [0.15, 0.2) is 54.3 Å². The maximum Gasteiger partial charge on any atom is 0.113 e. The molecule has 0 spiro atoms. The number of nitrogens with two attached hydrogens (primary N) is 2. The monoisotopic (exact) mass is 216 g/mol. The third-order valence-electron chi connectivity index (χ3n) is 3.04. The van der Waals surface area contributed by atoms with E-state index in [9.17, 15) is 0 Å². The van der Waals surface area contributed by atoms with Gasteiger partial charge in [-0.1, -0.05) is 42.5 Å². The Balaban J connectivity index is 2.15. The molecular weight excluding hydrogens is 204 g/mol. The average Bonchev–Trinajstić information content (AvgIpc) is 2.89. The van der Waals surface area contributed by atoms with E-state index in [1.807, 2.05) is 36.4 Å². The van der Waals surface area contributed by atoms with Gasteiger partial charge in [0.25, 0.3) is 0 Å². The lowest BCUT2D eigenvalue weighted by molar-refractivity contribution is 0.670. The lowest BCUT2D eigenvalue weighted by Gasteiger charge is -2.21.